The highest BCUT2D eigenvalue weighted by atomic mass is 16.5. The Bertz CT molecular complexity index is 576. The number of ether oxygens (including phenoxy) is 2. The second kappa shape index (κ2) is 5.97. The van der Waals surface area contributed by atoms with Crippen molar-refractivity contribution in [1.82, 2.24) is 0 Å². The Balaban J connectivity index is 2.64. The zero-order valence-corrected chi connectivity index (χ0v) is 11.2. The molecule has 5 nitrogen and oxygen atoms in total. The molecule has 0 aromatic heterocycles. The fraction of sp³-hybridized carbons (Fsp3) is 0.133. The number of rotatable bonds is 4. The first-order chi connectivity index (χ1) is 9.69. The number of nitrogens with zero attached hydrogens (tertiary/aromatic N) is 1. The second-order valence-electron chi connectivity index (χ2n) is 3.96. The van der Waals surface area contributed by atoms with E-state index in [9.17, 15) is 9.90 Å². The van der Waals surface area contributed by atoms with Gasteiger partial charge in [0.1, 0.15) is 17.2 Å². The molecule has 5 heteroatoms. The summed E-state index contributed by atoms with van der Waals surface area (Å²) in [6.07, 6.45) is -1.11. The number of anilines is 2. The van der Waals surface area contributed by atoms with Crippen molar-refractivity contribution in [1.29, 1.82) is 0 Å². The molecule has 0 unspecified atom stereocenters. The number of hydrogen-bond donors (Lipinski definition) is 1. The van der Waals surface area contributed by atoms with Crippen LogP contribution in [-0.2, 0) is 0 Å². The average Bonchev–Trinajstić information content (AvgIpc) is 2.48. The molecule has 0 fully saturated rings. The number of carboxylic acid groups (broad SMARTS) is 1. The van der Waals surface area contributed by atoms with Crippen molar-refractivity contribution in [2.75, 3.05) is 19.1 Å². The van der Waals surface area contributed by atoms with Crippen molar-refractivity contribution in [3.8, 4) is 11.5 Å². The van der Waals surface area contributed by atoms with E-state index in [0.717, 1.165) is 4.90 Å². The monoisotopic (exact) mass is 273 g/mol. The van der Waals surface area contributed by atoms with Gasteiger partial charge in [-0.3, -0.25) is 0 Å². The van der Waals surface area contributed by atoms with Crippen LogP contribution in [-0.4, -0.2) is 25.4 Å². The standard InChI is InChI=1S/C15H15NO4/c1-19-12-9-6-10-13(20-2)14(12)16(15(17)18)11-7-4-3-5-8-11/h3-10H,1-2H3,(H,17,18). The normalized spacial score (nSPS) is 9.90. The first-order valence-electron chi connectivity index (χ1n) is 5.98. The summed E-state index contributed by atoms with van der Waals surface area (Å²) in [5.41, 5.74) is 0.874. The number of para-hydroxylation sites is 2. The number of carbonyl (C=O) groups is 1. The SMILES string of the molecule is COc1cccc(OC)c1N(C(=O)O)c1ccccc1. The van der Waals surface area contributed by atoms with Crippen LogP contribution in [0.25, 0.3) is 0 Å². The summed E-state index contributed by atoms with van der Waals surface area (Å²) < 4.78 is 10.5. The zero-order valence-electron chi connectivity index (χ0n) is 11.2. The average molecular weight is 273 g/mol. The van der Waals surface area contributed by atoms with Crippen molar-refractivity contribution in [3.05, 3.63) is 48.5 Å². The molecule has 0 saturated heterocycles. The first kappa shape index (κ1) is 13.7. The van der Waals surface area contributed by atoms with E-state index in [0.29, 0.717) is 22.9 Å². The van der Waals surface area contributed by atoms with Gasteiger partial charge < -0.3 is 14.6 Å². The van der Waals surface area contributed by atoms with Crippen molar-refractivity contribution in [2.45, 2.75) is 0 Å². The molecule has 0 atom stereocenters. The van der Waals surface area contributed by atoms with Gasteiger partial charge in [-0.05, 0) is 24.3 Å². The lowest BCUT2D eigenvalue weighted by atomic mass is 10.2. The summed E-state index contributed by atoms with van der Waals surface area (Å²) in [4.78, 5) is 12.8. The van der Waals surface area contributed by atoms with E-state index < -0.39 is 6.09 Å². The molecule has 104 valence electrons. The van der Waals surface area contributed by atoms with Crippen LogP contribution in [0.5, 0.6) is 11.5 Å². The molecular formula is C15H15NO4. The van der Waals surface area contributed by atoms with Crippen molar-refractivity contribution in [2.24, 2.45) is 0 Å². The summed E-state index contributed by atoms with van der Waals surface area (Å²) >= 11 is 0. The Morgan fingerprint density at radius 1 is 0.950 bits per heavy atom. The van der Waals surface area contributed by atoms with E-state index in [4.69, 9.17) is 9.47 Å². The van der Waals surface area contributed by atoms with Crippen LogP contribution in [0.15, 0.2) is 48.5 Å². The lowest BCUT2D eigenvalue weighted by Gasteiger charge is -2.23. The van der Waals surface area contributed by atoms with Gasteiger partial charge in [-0.25, -0.2) is 9.69 Å². The molecule has 2 aromatic rings. The number of methoxy groups -OCH3 is 2. The van der Waals surface area contributed by atoms with E-state index >= 15 is 0 Å². The topological polar surface area (TPSA) is 59.0 Å². The number of benzene rings is 2. The lowest BCUT2D eigenvalue weighted by molar-refractivity contribution is 0.204. The minimum absolute atomic E-state index is 0.358. The minimum atomic E-state index is -1.11. The Kier molecular flexibility index (Phi) is 4.10. The molecule has 2 aromatic carbocycles. The van der Waals surface area contributed by atoms with Gasteiger partial charge >= 0.3 is 6.09 Å². The van der Waals surface area contributed by atoms with Gasteiger partial charge in [0.05, 0.1) is 19.9 Å². The highest BCUT2D eigenvalue weighted by molar-refractivity contribution is 5.98. The highest BCUT2D eigenvalue weighted by Gasteiger charge is 2.24. The third-order valence-corrected chi connectivity index (χ3v) is 2.83. The maximum absolute atomic E-state index is 11.7. The van der Waals surface area contributed by atoms with E-state index in [1.54, 1.807) is 42.5 Å². The van der Waals surface area contributed by atoms with Gasteiger partial charge in [-0.1, -0.05) is 24.3 Å². The maximum Gasteiger partial charge on any atom is 0.416 e. The third kappa shape index (κ3) is 2.51. The molecule has 0 saturated carbocycles. The van der Waals surface area contributed by atoms with Gasteiger partial charge in [0.2, 0.25) is 0 Å². The van der Waals surface area contributed by atoms with Crippen LogP contribution in [0.2, 0.25) is 0 Å². The Morgan fingerprint density at radius 3 is 1.95 bits per heavy atom. The lowest BCUT2D eigenvalue weighted by Crippen LogP contribution is -2.24. The van der Waals surface area contributed by atoms with Gasteiger partial charge in [0, 0.05) is 0 Å². The van der Waals surface area contributed by atoms with Crippen LogP contribution in [0.4, 0.5) is 16.2 Å². The first-order valence-corrected chi connectivity index (χ1v) is 5.98. The van der Waals surface area contributed by atoms with Gasteiger partial charge in [0.25, 0.3) is 0 Å². The van der Waals surface area contributed by atoms with E-state index in [-0.39, 0.29) is 0 Å². The van der Waals surface area contributed by atoms with Crippen molar-refractivity contribution < 1.29 is 19.4 Å². The summed E-state index contributed by atoms with van der Waals surface area (Å²) in [5, 5.41) is 9.53. The second-order valence-corrected chi connectivity index (χ2v) is 3.96. The molecule has 0 radical (unpaired) electrons. The molecule has 0 aliphatic heterocycles. The van der Waals surface area contributed by atoms with Gasteiger partial charge in [-0.2, -0.15) is 0 Å². The molecule has 1 N–H and O–H groups in total. The zero-order chi connectivity index (χ0) is 14.5. The van der Waals surface area contributed by atoms with E-state index in [1.165, 1.54) is 14.2 Å². The fourth-order valence-corrected chi connectivity index (χ4v) is 1.96. The predicted molar refractivity (Wildman–Crippen MR) is 76.2 cm³/mol. The molecule has 0 spiro atoms. The van der Waals surface area contributed by atoms with E-state index in [1.807, 2.05) is 6.07 Å². The Hall–Kier alpha value is -2.69. The molecule has 0 aliphatic carbocycles. The van der Waals surface area contributed by atoms with Crippen LogP contribution < -0.4 is 14.4 Å². The Morgan fingerprint density at radius 2 is 1.50 bits per heavy atom. The minimum Gasteiger partial charge on any atom is -0.494 e. The van der Waals surface area contributed by atoms with Crippen molar-refractivity contribution >= 4 is 17.5 Å². The summed E-state index contributed by atoms with van der Waals surface area (Å²) in [7, 11) is 2.98. The molecule has 1 amide bonds. The smallest absolute Gasteiger partial charge is 0.416 e. The maximum atomic E-state index is 11.7. The largest absolute Gasteiger partial charge is 0.494 e. The van der Waals surface area contributed by atoms with E-state index in [2.05, 4.69) is 0 Å². The van der Waals surface area contributed by atoms with Crippen LogP contribution >= 0.6 is 0 Å². The van der Waals surface area contributed by atoms with Crippen molar-refractivity contribution in [3.63, 3.8) is 0 Å². The highest BCUT2D eigenvalue weighted by Crippen LogP contribution is 2.41. The van der Waals surface area contributed by atoms with Crippen LogP contribution in [0, 0.1) is 0 Å². The number of hydrogen-bond acceptors (Lipinski definition) is 3. The quantitative estimate of drug-likeness (QED) is 0.925. The van der Waals surface area contributed by atoms with Crippen LogP contribution in [0.1, 0.15) is 0 Å². The van der Waals surface area contributed by atoms with Gasteiger partial charge in [0.15, 0.2) is 0 Å². The summed E-state index contributed by atoms with van der Waals surface area (Å²) in [6.45, 7) is 0. The Labute approximate surface area is 117 Å². The summed E-state index contributed by atoms with van der Waals surface area (Å²) in [6, 6.07) is 13.9. The molecule has 0 heterocycles. The fourth-order valence-electron chi connectivity index (χ4n) is 1.96. The predicted octanol–water partition coefficient (Wildman–Crippen LogP) is 3.52. The molecule has 20 heavy (non-hydrogen) atoms. The summed E-state index contributed by atoms with van der Waals surface area (Å²) in [5.74, 6) is 0.853. The molecule has 0 aliphatic rings. The van der Waals surface area contributed by atoms with Gasteiger partial charge in [-0.15, -0.1) is 0 Å². The molecular weight excluding hydrogens is 258 g/mol. The molecule has 0 bridgehead atoms. The number of amides is 1. The molecule has 2 rings (SSSR count). The third-order valence-electron chi connectivity index (χ3n) is 2.83. The van der Waals surface area contributed by atoms with Crippen LogP contribution in [0.3, 0.4) is 0 Å².